The molecule has 0 spiro atoms. The summed E-state index contributed by atoms with van der Waals surface area (Å²) in [5.41, 5.74) is 2.43. The first-order valence-electron chi connectivity index (χ1n) is 9.51. The maximum absolute atomic E-state index is 11.6. The highest BCUT2D eigenvalue weighted by Crippen LogP contribution is 2.35. The van der Waals surface area contributed by atoms with Gasteiger partial charge in [-0.05, 0) is 41.9 Å². The summed E-state index contributed by atoms with van der Waals surface area (Å²) in [4.78, 5) is 0. The number of aliphatic hydroxyl groups is 1. The lowest BCUT2D eigenvalue weighted by molar-refractivity contribution is 0.0664. The summed E-state index contributed by atoms with van der Waals surface area (Å²) in [6.45, 7) is 6.69. The lowest BCUT2D eigenvalue weighted by Crippen LogP contribution is -2.27. The van der Waals surface area contributed by atoms with Crippen molar-refractivity contribution < 1.29 is 5.11 Å². The second kappa shape index (κ2) is 9.03. The first-order chi connectivity index (χ1) is 11.6. The van der Waals surface area contributed by atoms with Gasteiger partial charge in [-0.2, -0.15) is 0 Å². The molecule has 0 saturated heterocycles. The van der Waals surface area contributed by atoms with Gasteiger partial charge in [0.2, 0.25) is 0 Å². The van der Waals surface area contributed by atoms with Gasteiger partial charge in [0.15, 0.2) is 0 Å². The Hall–Kier alpha value is -1.60. The topological polar surface area (TPSA) is 20.2 Å². The number of rotatable bonds is 9. The summed E-state index contributed by atoms with van der Waals surface area (Å²) in [7, 11) is 0. The van der Waals surface area contributed by atoms with E-state index in [1.807, 2.05) is 30.3 Å². The molecule has 0 bridgehead atoms. The highest BCUT2D eigenvalue weighted by Gasteiger charge is 2.31. The third-order valence-electron chi connectivity index (χ3n) is 5.40. The van der Waals surface area contributed by atoms with Gasteiger partial charge in [0.1, 0.15) is 5.60 Å². The van der Waals surface area contributed by atoms with Crippen molar-refractivity contribution in [3.8, 4) is 0 Å². The molecule has 0 aliphatic carbocycles. The Labute approximate surface area is 147 Å². The molecule has 24 heavy (non-hydrogen) atoms. The zero-order valence-corrected chi connectivity index (χ0v) is 15.5. The molecule has 130 valence electrons. The second-order valence-electron chi connectivity index (χ2n) is 6.85. The Bertz CT molecular complexity index is 583. The van der Waals surface area contributed by atoms with E-state index in [4.69, 9.17) is 0 Å². The molecule has 1 N–H and O–H groups in total. The van der Waals surface area contributed by atoms with Crippen molar-refractivity contribution in [2.24, 2.45) is 5.92 Å². The lowest BCUT2D eigenvalue weighted by atomic mass is 9.81. The van der Waals surface area contributed by atoms with E-state index in [-0.39, 0.29) is 0 Å². The highest BCUT2D eigenvalue weighted by molar-refractivity contribution is 5.37. The maximum atomic E-state index is 11.6. The smallest absolute Gasteiger partial charge is 0.115 e. The van der Waals surface area contributed by atoms with E-state index in [0.29, 0.717) is 0 Å². The van der Waals surface area contributed by atoms with Crippen molar-refractivity contribution >= 4 is 0 Å². The molecule has 0 radical (unpaired) electrons. The summed E-state index contributed by atoms with van der Waals surface area (Å²) in [5.74, 6) is 0.771. The molecule has 0 heterocycles. The highest BCUT2D eigenvalue weighted by atomic mass is 16.3. The molecule has 0 fully saturated rings. The van der Waals surface area contributed by atoms with E-state index < -0.39 is 5.60 Å². The summed E-state index contributed by atoms with van der Waals surface area (Å²) in [5, 5.41) is 11.6. The molecule has 1 heteroatoms. The number of hydrogen-bond donors (Lipinski definition) is 1. The fraction of sp³-hybridized carbons (Fsp3) is 0.478. The molecule has 2 aromatic carbocycles. The Morgan fingerprint density at radius 2 is 1.42 bits per heavy atom. The van der Waals surface area contributed by atoms with Crippen LogP contribution in [0.2, 0.25) is 0 Å². The van der Waals surface area contributed by atoms with Crippen LogP contribution in [0.1, 0.15) is 69.6 Å². The number of aryl methyl sites for hydroxylation is 1. The summed E-state index contributed by atoms with van der Waals surface area (Å²) in [6.07, 6.45) is 6.50. The maximum Gasteiger partial charge on any atom is 0.115 e. The quantitative estimate of drug-likeness (QED) is 0.591. The second-order valence-corrected chi connectivity index (χ2v) is 6.85. The molecule has 1 unspecified atom stereocenters. The van der Waals surface area contributed by atoms with Gasteiger partial charge < -0.3 is 5.11 Å². The molecule has 1 atom stereocenters. The van der Waals surface area contributed by atoms with Crippen molar-refractivity contribution in [2.75, 3.05) is 0 Å². The fourth-order valence-corrected chi connectivity index (χ4v) is 3.53. The molecular formula is C23H32O. The van der Waals surface area contributed by atoms with E-state index >= 15 is 0 Å². The van der Waals surface area contributed by atoms with Crippen LogP contribution in [0.25, 0.3) is 0 Å². The minimum Gasteiger partial charge on any atom is -0.380 e. The van der Waals surface area contributed by atoms with Crippen LogP contribution < -0.4 is 0 Å². The van der Waals surface area contributed by atoms with E-state index in [0.717, 1.165) is 36.3 Å². The molecule has 1 nitrogen and oxygen atoms in total. The summed E-state index contributed by atoms with van der Waals surface area (Å²) >= 11 is 0. The fourth-order valence-electron chi connectivity index (χ4n) is 3.53. The predicted octanol–water partition coefficient (Wildman–Crippen LogP) is 6.09. The Morgan fingerprint density at radius 3 is 1.96 bits per heavy atom. The van der Waals surface area contributed by atoms with Crippen molar-refractivity contribution in [3.05, 3.63) is 71.3 Å². The molecule has 0 aliphatic heterocycles. The Kier molecular flexibility index (Phi) is 7.05. The molecule has 0 amide bonds. The number of benzene rings is 2. The van der Waals surface area contributed by atoms with E-state index in [1.54, 1.807) is 0 Å². The van der Waals surface area contributed by atoms with Crippen molar-refractivity contribution in [1.82, 2.24) is 0 Å². The van der Waals surface area contributed by atoms with Gasteiger partial charge in [-0.1, -0.05) is 94.6 Å². The zero-order valence-electron chi connectivity index (χ0n) is 15.5. The van der Waals surface area contributed by atoms with Crippen LogP contribution in [0, 0.1) is 5.92 Å². The van der Waals surface area contributed by atoms with Gasteiger partial charge in [-0.25, -0.2) is 0 Å². The van der Waals surface area contributed by atoms with Crippen LogP contribution in [0.3, 0.4) is 0 Å². The largest absolute Gasteiger partial charge is 0.380 e. The summed E-state index contributed by atoms with van der Waals surface area (Å²) < 4.78 is 0. The normalized spacial score (nSPS) is 13.9. The molecule has 0 aromatic heterocycles. The summed E-state index contributed by atoms with van der Waals surface area (Å²) in [6, 6.07) is 18.6. The van der Waals surface area contributed by atoms with Gasteiger partial charge in [0.25, 0.3) is 0 Å². The predicted molar refractivity (Wildman–Crippen MR) is 103 cm³/mol. The van der Waals surface area contributed by atoms with Crippen LogP contribution in [0.15, 0.2) is 54.6 Å². The SMILES string of the molecule is CCc1ccc(C(O)(CCCC(CC)CC)c2ccccc2)cc1. The standard InChI is InChI=1S/C23H32O/c1-4-19(5-2)11-10-18-23(24,21-12-8-7-9-13-21)22-16-14-20(6-3)15-17-22/h7-9,12-17,19,24H,4-6,10-11,18H2,1-3H3. The van der Waals surface area contributed by atoms with Gasteiger partial charge >= 0.3 is 0 Å². The van der Waals surface area contributed by atoms with Gasteiger partial charge in [0.05, 0.1) is 0 Å². The molecule has 2 aromatic rings. The minimum absolute atomic E-state index is 0.771. The van der Waals surface area contributed by atoms with Gasteiger partial charge in [-0.15, -0.1) is 0 Å². The van der Waals surface area contributed by atoms with Gasteiger partial charge in [0, 0.05) is 0 Å². The van der Waals surface area contributed by atoms with E-state index in [1.165, 1.54) is 24.8 Å². The first-order valence-corrected chi connectivity index (χ1v) is 9.51. The van der Waals surface area contributed by atoms with Crippen molar-refractivity contribution in [3.63, 3.8) is 0 Å². The van der Waals surface area contributed by atoms with E-state index in [2.05, 4.69) is 45.0 Å². The minimum atomic E-state index is -0.889. The lowest BCUT2D eigenvalue weighted by Gasteiger charge is -2.30. The zero-order chi connectivity index (χ0) is 17.4. The van der Waals surface area contributed by atoms with Gasteiger partial charge in [-0.3, -0.25) is 0 Å². The monoisotopic (exact) mass is 324 g/mol. The van der Waals surface area contributed by atoms with Crippen molar-refractivity contribution in [1.29, 1.82) is 0 Å². The number of hydrogen-bond acceptors (Lipinski definition) is 1. The molecule has 0 aliphatic rings. The first kappa shape index (κ1) is 18.7. The average molecular weight is 325 g/mol. The van der Waals surface area contributed by atoms with Crippen LogP contribution in [0.4, 0.5) is 0 Å². The average Bonchev–Trinajstić information content (AvgIpc) is 2.66. The van der Waals surface area contributed by atoms with Crippen LogP contribution in [0.5, 0.6) is 0 Å². The molecular weight excluding hydrogens is 292 g/mol. The van der Waals surface area contributed by atoms with Crippen LogP contribution in [-0.2, 0) is 12.0 Å². The third kappa shape index (κ3) is 4.48. The Balaban J connectivity index is 2.24. The van der Waals surface area contributed by atoms with Crippen LogP contribution >= 0.6 is 0 Å². The van der Waals surface area contributed by atoms with E-state index in [9.17, 15) is 5.11 Å². The Morgan fingerprint density at radius 1 is 0.833 bits per heavy atom. The van der Waals surface area contributed by atoms with Crippen molar-refractivity contribution in [2.45, 2.75) is 64.9 Å². The molecule has 2 rings (SSSR count). The molecule has 0 saturated carbocycles. The van der Waals surface area contributed by atoms with Crippen LogP contribution in [-0.4, -0.2) is 5.11 Å². The third-order valence-corrected chi connectivity index (χ3v) is 5.40.